The summed E-state index contributed by atoms with van der Waals surface area (Å²) in [6.45, 7) is 4.40. The van der Waals surface area contributed by atoms with Crippen molar-refractivity contribution in [1.82, 2.24) is 10.6 Å². The predicted octanol–water partition coefficient (Wildman–Crippen LogP) is 0.825. The first-order valence-corrected chi connectivity index (χ1v) is 11.6. The average Bonchev–Trinajstić information content (AvgIpc) is 3.33. The molecule has 8 N–H and O–H groups in total. The third-order valence-electron chi connectivity index (χ3n) is 5.57. The molecule has 1 aromatic heterocycles. The van der Waals surface area contributed by atoms with Crippen molar-refractivity contribution in [2.75, 3.05) is 13.1 Å². The molecule has 0 bridgehead atoms. The van der Waals surface area contributed by atoms with Gasteiger partial charge in [0.15, 0.2) is 17.5 Å². The van der Waals surface area contributed by atoms with Gasteiger partial charge in [0.2, 0.25) is 11.8 Å². The number of Topliss-reactive ketones (excluding diaryl/α,β-unsaturated/α-hetero) is 1. The summed E-state index contributed by atoms with van der Waals surface area (Å²) in [5, 5.41) is 5.52. The molecule has 3 amide bonds. The van der Waals surface area contributed by atoms with Crippen LogP contribution >= 0.6 is 0 Å². The number of primary amides is 1. The molecule has 0 aliphatic carbocycles. The van der Waals surface area contributed by atoms with Crippen molar-refractivity contribution < 1.29 is 23.6 Å². The Morgan fingerprint density at radius 3 is 2.41 bits per heavy atom. The van der Waals surface area contributed by atoms with Crippen LogP contribution in [-0.2, 0) is 14.4 Å². The van der Waals surface area contributed by atoms with Crippen molar-refractivity contribution in [3.05, 3.63) is 24.2 Å². The maximum Gasteiger partial charge on any atom is 0.286 e. The van der Waals surface area contributed by atoms with Gasteiger partial charge in [0.05, 0.1) is 12.3 Å². The Labute approximate surface area is 200 Å². The normalized spacial score (nSPS) is 13.4. The number of nitrogens with one attached hydrogen (secondary N) is 2. The first-order chi connectivity index (χ1) is 16.1. The summed E-state index contributed by atoms with van der Waals surface area (Å²) in [7, 11) is 0. The van der Waals surface area contributed by atoms with Crippen molar-refractivity contribution in [2.45, 2.75) is 64.8 Å². The molecule has 34 heavy (non-hydrogen) atoms. The highest BCUT2D eigenvalue weighted by atomic mass is 16.3. The lowest BCUT2D eigenvalue weighted by molar-refractivity contribution is -0.132. The molecule has 1 rings (SSSR count). The number of nitrogens with zero attached hydrogens (tertiary/aromatic N) is 1. The zero-order valence-electron chi connectivity index (χ0n) is 20.0. The summed E-state index contributed by atoms with van der Waals surface area (Å²) < 4.78 is 5.02. The van der Waals surface area contributed by atoms with Crippen LogP contribution in [0, 0.1) is 11.8 Å². The topological polar surface area (TPSA) is 196 Å². The number of carbonyl (C=O) groups is 4. The fourth-order valence-corrected chi connectivity index (χ4v) is 3.26. The Bertz CT molecular complexity index is 820. The number of furan rings is 1. The van der Waals surface area contributed by atoms with E-state index in [0.717, 1.165) is 0 Å². The Morgan fingerprint density at radius 1 is 1.09 bits per heavy atom. The molecule has 11 nitrogen and oxygen atoms in total. The number of unbranched alkanes of at least 4 members (excludes halogenated alkanes) is 1. The maximum absolute atomic E-state index is 13.0. The first kappa shape index (κ1) is 28.7. The highest BCUT2D eigenvalue weighted by Crippen LogP contribution is 2.16. The molecule has 0 saturated heterocycles. The highest BCUT2D eigenvalue weighted by Gasteiger charge is 2.27. The monoisotopic (exact) mass is 478 g/mol. The predicted molar refractivity (Wildman–Crippen MR) is 128 cm³/mol. The highest BCUT2D eigenvalue weighted by molar-refractivity contribution is 5.92. The number of rotatable bonds is 17. The van der Waals surface area contributed by atoms with Gasteiger partial charge in [0, 0.05) is 31.3 Å². The molecule has 11 heteroatoms. The average molecular weight is 479 g/mol. The number of hydrogen-bond acceptors (Lipinski definition) is 6. The molecule has 1 heterocycles. The molecule has 1 aromatic rings. The number of aliphatic imine (C=N–C) groups is 1. The summed E-state index contributed by atoms with van der Waals surface area (Å²) in [5.41, 5.74) is 16.2. The summed E-state index contributed by atoms with van der Waals surface area (Å²) >= 11 is 0. The summed E-state index contributed by atoms with van der Waals surface area (Å²) in [6, 6.07) is 2.45. The van der Waals surface area contributed by atoms with Crippen molar-refractivity contribution >= 4 is 29.5 Å². The van der Waals surface area contributed by atoms with Gasteiger partial charge in [0.25, 0.3) is 5.91 Å². The summed E-state index contributed by atoms with van der Waals surface area (Å²) in [4.78, 5) is 53.0. The summed E-state index contributed by atoms with van der Waals surface area (Å²) in [6.07, 6.45) is 4.43. The van der Waals surface area contributed by atoms with Gasteiger partial charge in [0.1, 0.15) is 0 Å². The molecule has 190 valence electrons. The molecular weight excluding hydrogens is 440 g/mol. The molecule has 0 spiro atoms. The van der Waals surface area contributed by atoms with Crippen LogP contribution in [-0.4, -0.2) is 48.6 Å². The van der Waals surface area contributed by atoms with Gasteiger partial charge in [-0.05, 0) is 44.2 Å². The first-order valence-electron chi connectivity index (χ1n) is 11.6. The number of amides is 3. The van der Waals surface area contributed by atoms with Gasteiger partial charge >= 0.3 is 0 Å². The van der Waals surface area contributed by atoms with E-state index in [0.29, 0.717) is 51.6 Å². The molecule has 0 aliphatic rings. The zero-order chi connectivity index (χ0) is 25.5. The number of guanidine groups is 1. The molecular formula is C23H38N6O5. The molecule has 0 unspecified atom stereocenters. The summed E-state index contributed by atoms with van der Waals surface area (Å²) in [5.74, 6) is -2.06. The number of hydrogen-bond donors (Lipinski definition) is 5. The standard InChI is InChI=1S/C23H38N6O5/c1-3-15(2)21(32)29-17(9-6-12-28-23(25)26)18(30)14-16(20(24)31)8-4-5-11-27-22(33)19-10-7-13-34-19/h7,10,13,15-17H,3-6,8-9,11-12,14H2,1-2H3,(H2,24,31)(H,27,33)(H,29,32)(H4,25,26,28)/t15-,16-,17+/m1/s1. The number of carbonyl (C=O) groups excluding carboxylic acids is 4. The van der Waals surface area contributed by atoms with E-state index in [-0.39, 0.29) is 41.7 Å². The minimum absolute atomic E-state index is 0.0411. The Hall–Kier alpha value is -3.37. The largest absolute Gasteiger partial charge is 0.459 e. The lowest BCUT2D eigenvalue weighted by atomic mass is 9.91. The molecule has 0 aliphatic heterocycles. The SMILES string of the molecule is CC[C@@H](C)C(=O)N[C@@H](CCCN=C(N)N)C(=O)C[C@@H](CCCCNC(=O)c1ccco1)C(N)=O. The number of nitrogens with two attached hydrogens (primary N) is 3. The van der Waals surface area contributed by atoms with Crippen molar-refractivity contribution in [3.63, 3.8) is 0 Å². The van der Waals surface area contributed by atoms with Crippen LogP contribution in [0.4, 0.5) is 0 Å². The van der Waals surface area contributed by atoms with E-state index in [1.807, 2.05) is 6.92 Å². The van der Waals surface area contributed by atoms with Crippen LogP contribution in [0.15, 0.2) is 27.8 Å². The van der Waals surface area contributed by atoms with Crippen LogP contribution < -0.4 is 27.8 Å². The van der Waals surface area contributed by atoms with E-state index in [9.17, 15) is 19.2 Å². The third kappa shape index (κ3) is 11.0. The third-order valence-corrected chi connectivity index (χ3v) is 5.57. The van der Waals surface area contributed by atoms with Crippen LogP contribution in [0.2, 0.25) is 0 Å². The Balaban J connectivity index is 2.59. The fourth-order valence-electron chi connectivity index (χ4n) is 3.26. The fraction of sp³-hybridized carbons (Fsp3) is 0.609. The van der Waals surface area contributed by atoms with Gasteiger partial charge in [-0.3, -0.25) is 24.2 Å². The van der Waals surface area contributed by atoms with Crippen LogP contribution in [0.25, 0.3) is 0 Å². The minimum atomic E-state index is -0.745. The van der Waals surface area contributed by atoms with Gasteiger partial charge in [-0.25, -0.2) is 0 Å². The van der Waals surface area contributed by atoms with E-state index in [2.05, 4.69) is 15.6 Å². The van der Waals surface area contributed by atoms with Crippen LogP contribution in [0.5, 0.6) is 0 Å². The molecule has 0 saturated carbocycles. The van der Waals surface area contributed by atoms with E-state index in [4.69, 9.17) is 21.6 Å². The second-order valence-electron chi connectivity index (χ2n) is 8.32. The smallest absolute Gasteiger partial charge is 0.286 e. The van der Waals surface area contributed by atoms with Gasteiger partial charge < -0.3 is 32.3 Å². The van der Waals surface area contributed by atoms with Crippen LogP contribution in [0.3, 0.4) is 0 Å². The quantitative estimate of drug-likeness (QED) is 0.124. The van der Waals surface area contributed by atoms with Crippen molar-refractivity contribution in [1.29, 1.82) is 0 Å². The molecule has 3 atom stereocenters. The van der Waals surface area contributed by atoms with Crippen molar-refractivity contribution in [2.24, 2.45) is 34.0 Å². The number of ketones is 1. The Kier molecular flexibility index (Phi) is 13.0. The van der Waals surface area contributed by atoms with Crippen molar-refractivity contribution in [3.8, 4) is 0 Å². The second kappa shape index (κ2) is 15.5. The van der Waals surface area contributed by atoms with E-state index >= 15 is 0 Å². The zero-order valence-corrected chi connectivity index (χ0v) is 20.0. The lowest BCUT2D eigenvalue weighted by Gasteiger charge is -2.21. The molecule has 0 fully saturated rings. The minimum Gasteiger partial charge on any atom is -0.459 e. The van der Waals surface area contributed by atoms with Gasteiger partial charge in [-0.15, -0.1) is 0 Å². The van der Waals surface area contributed by atoms with Gasteiger partial charge in [-0.2, -0.15) is 0 Å². The van der Waals surface area contributed by atoms with Gasteiger partial charge in [-0.1, -0.05) is 20.3 Å². The van der Waals surface area contributed by atoms with Crippen LogP contribution in [0.1, 0.15) is 69.3 Å². The maximum atomic E-state index is 13.0. The Morgan fingerprint density at radius 2 is 1.82 bits per heavy atom. The lowest BCUT2D eigenvalue weighted by Crippen LogP contribution is -2.44. The molecule has 0 aromatic carbocycles. The second-order valence-corrected chi connectivity index (χ2v) is 8.32. The van der Waals surface area contributed by atoms with E-state index < -0.39 is 17.9 Å². The molecule has 0 radical (unpaired) electrons. The van der Waals surface area contributed by atoms with E-state index in [1.165, 1.54) is 6.26 Å². The van der Waals surface area contributed by atoms with E-state index in [1.54, 1.807) is 19.1 Å².